The molecular formula is C21H23BrN2O2S. The normalized spacial score (nSPS) is 21.7. The van der Waals surface area contributed by atoms with E-state index in [1.165, 1.54) is 11.3 Å². The molecule has 1 aromatic heterocycles. The maximum absolute atomic E-state index is 13.1. The zero-order valence-electron chi connectivity index (χ0n) is 15.1. The molecule has 27 heavy (non-hydrogen) atoms. The highest BCUT2D eigenvalue weighted by molar-refractivity contribution is 9.10. The highest BCUT2D eigenvalue weighted by Gasteiger charge is 2.27. The number of hydrogen-bond donors (Lipinski definition) is 0. The van der Waals surface area contributed by atoms with Crippen LogP contribution < -0.4 is 4.90 Å². The van der Waals surface area contributed by atoms with Gasteiger partial charge in [-0.3, -0.25) is 9.69 Å². The Morgan fingerprint density at radius 2 is 2.15 bits per heavy atom. The lowest BCUT2D eigenvalue weighted by Gasteiger charge is -2.24. The second-order valence-corrected chi connectivity index (χ2v) is 8.88. The van der Waals surface area contributed by atoms with E-state index in [1.54, 1.807) is 0 Å². The third kappa shape index (κ3) is 4.68. The third-order valence-corrected chi connectivity index (χ3v) is 6.52. The first-order valence-electron chi connectivity index (χ1n) is 9.49. The van der Waals surface area contributed by atoms with Crippen LogP contribution in [0.5, 0.6) is 0 Å². The van der Waals surface area contributed by atoms with Crippen LogP contribution in [0.1, 0.15) is 32.1 Å². The van der Waals surface area contributed by atoms with Gasteiger partial charge in [0.15, 0.2) is 5.13 Å². The van der Waals surface area contributed by atoms with Gasteiger partial charge < -0.3 is 4.74 Å². The molecule has 0 radical (unpaired) electrons. The first-order valence-corrected chi connectivity index (χ1v) is 11.2. The molecular weight excluding hydrogens is 424 g/mol. The van der Waals surface area contributed by atoms with Crippen molar-refractivity contribution in [3.05, 3.63) is 46.3 Å². The van der Waals surface area contributed by atoms with Crippen molar-refractivity contribution in [2.75, 3.05) is 18.1 Å². The fourth-order valence-electron chi connectivity index (χ4n) is 3.62. The van der Waals surface area contributed by atoms with Crippen molar-refractivity contribution >= 4 is 38.3 Å². The zero-order valence-corrected chi connectivity index (χ0v) is 17.5. The maximum Gasteiger partial charge on any atom is 0.229 e. The largest absolute Gasteiger partial charge is 0.376 e. The van der Waals surface area contributed by atoms with E-state index in [0.29, 0.717) is 18.9 Å². The molecule has 6 heteroatoms. The number of halogens is 1. The minimum Gasteiger partial charge on any atom is -0.376 e. The second kappa shape index (κ2) is 8.67. The quantitative estimate of drug-likeness (QED) is 0.554. The van der Waals surface area contributed by atoms with Crippen molar-refractivity contribution in [1.29, 1.82) is 0 Å². The predicted molar refractivity (Wildman–Crippen MR) is 113 cm³/mol. The van der Waals surface area contributed by atoms with Crippen molar-refractivity contribution in [3.63, 3.8) is 0 Å². The molecule has 0 spiro atoms. The molecule has 4 nitrogen and oxygen atoms in total. The van der Waals surface area contributed by atoms with E-state index < -0.39 is 0 Å². The van der Waals surface area contributed by atoms with Gasteiger partial charge in [0.1, 0.15) is 0 Å². The van der Waals surface area contributed by atoms with Gasteiger partial charge in [0.05, 0.1) is 18.3 Å². The van der Waals surface area contributed by atoms with Crippen LogP contribution in [0.2, 0.25) is 0 Å². The molecule has 0 saturated carbocycles. The van der Waals surface area contributed by atoms with E-state index in [1.807, 2.05) is 34.5 Å². The summed E-state index contributed by atoms with van der Waals surface area (Å²) in [5.74, 6) is 0.508. The summed E-state index contributed by atoms with van der Waals surface area (Å²) in [5, 5.41) is 2.81. The van der Waals surface area contributed by atoms with E-state index in [4.69, 9.17) is 9.72 Å². The molecule has 142 valence electrons. The first-order chi connectivity index (χ1) is 13.2. The van der Waals surface area contributed by atoms with Crippen LogP contribution in [0.3, 0.4) is 0 Å². The molecule has 2 aliphatic rings. The predicted octanol–water partition coefficient (Wildman–Crippen LogP) is 5.44. The monoisotopic (exact) mass is 446 g/mol. The number of allylic oxidation sites excluding steroid dienone is 2. The Hall–Kier alpha value is -1.50. The molecule has 2 unspecified atom stereocenters. The zero-order chi connectivity index (χ0) is 18.6. The smallest absolute Gasteiger partial charge is 0.229 e. The summed E-state index contributed by atoms with van der Waals surface area (Å²) in [4.78, 5) is 19.7. The summed E-state index contributed by atoms with van der Waals surface area (Å²) in [5.41, 5.74) is 1.97. The van der Waals surface area contributed by atoms with E-state index in [0.717, 1.165) is 53.2 Å². The number of rotatable bonds is 6. The number of nitrogens with zero attached hydrogens (tertiary/aromatic N) is 2. The fourth-order valence-corrected chi connectivity index (χ4v) is 4.74. The highest BCUT2D eigenvalue weighted by atomic mass is 79.9. The molecule has 2 heterocycles. The van der Waals surface area contributed by atoms with Crippen LogP contribution >= 0.6 is 27.3 Å². The molecule has 2 atom stereocenters. The van der Waals surface area contributed by atoms with E-state index in [9.17, 15) is 4.79 Å². The van der Waals surface area contributed by atoms with Gasteiger partial charge in [0.2, 0.25) is 5.91 Å². The Labute approximate surface area is 172 Å². The molecule has 1 aliphatic carbocycles. The van der Waals surface area contributed by atoms with Crippen LogP contribution in [0.25, 0.3) is 11.3 Å². The molecule has 2 aromatic rings. The van der Waals surface area contributed by atoms with Crippen LogP contribution in [0.4, 0.5) is 5.13 Å². The number of ether oxygens (including phenoxy) is 1. The van der Waals surface area contributed by atoms with Gasteiger partial charge in [0.25, 0.3) is 0 Å². The number of thiazole rings is 1. The minimum atomic E-state index is 0.119. The lowest BCUT2D eigenvalue weighted by atomic mass is 10.0. The Bertz CT molecular complexity index is 812. The summed E-state index contributed by atoms with van der Waals surface area (Å²) in [7, 11) is 0. The molecule has 0 N–H and O–H groups in total. The molecule has 1 aromatic carbocycles. The van der Waals surface area contributed by atoms with Crippen molar-refractivity contribution in [3.8, 4) is 11.3 Å². The van der Waals surface area contributed by atoms with E-state index >= 15 is 0 Å². The average Bonchev–Trinajstić information content (AvgIpc) is 3.43. The summed E-state index contributed by atoms with van der Waals surface area (Å²) in [6.45, 7) is 1.39. The molecule has 1 fully saturated rings. The van der Waals surface area contributed by atoms with Gasteiger partial charge in [0, 0.05) is 28.4 Å². The standard InChI is InChI=1S/C21H23BrN2O2S/c22-17-9-7-16(8-10-17)19-14-27-21(23-19)24(13-18-6-3-11-26-18)20(25)12-15-4-1-2-5-15/h1,4,7-10,14-15,18H,2-3,5-6,11-13H2. The molecule has 1 amide bonds. The molecule has 1 aliphatic heterocycles. The van der Waals surface area contributed by atoms with Gasteiger partial charge >= 0.3 is 0 Å². The van der Waals surface area contributed by atoms with Gasteiger partial charge in [-0.15, -0.1) is 11.3 Å². The topological polar surface area (TPSA) is 42.4 Å². The number of hydrogen-bond acceptors (Lipinski definition) is 4. The molecule has 0 bridgehead atoms. The van der Waals surface area contributed by atoms with Gasteiger partial charge in [-0.1, -0.05) is 40.2 Å². The Morgan fingerprint density at radius 3 is 2.85 bits per heavy atom. The van der Waals surface area contributed by atoms with Crippen LogP contribution in [-0.4, -0.2) is 30.1 Å². The number of amides is 1. The number of aromatic nitrogens is 1. The lowest BCUT2D eigenvalue weighted by Crippen LogP contribution is -2.38. The first kappa shape index (κ1) is 18.8. The number of benzene rings is 1. The van der Waals surface area contributed by atoms with Crippen molar-refractivity contribution in [2.45, 2.75) is 38.2 Å². The maximum atomic E-state index is 13.1. The van der Waals surface area contributed by atoms with E-state index in [2.05, 4.69) is 28.1 Å². The number of anilines is 1. The summed E-state index contributed by atoms with van der Waals surface area (Å²) in [6.07, 6.45) is 9.26. The summed E-state index contributed by atoms with van der Waals surface area (Å²) < 4.78 is 6.84. The average molecular weight is 447 g/mol. The van der Waals surface area contributed by atoms with Gasteiger partial charge in [-0.05, 0) is 43.7 Å². The SMILES string of the molecule is O=C(CC1C=CCC1)N(CC1CCCO1)c1nc(-c2ccc(Br)cc2)cs1. The van der Waals surface area contributed by atoms with Crippen molar-refractivity contribution < 1.29 is 9.53 Å². The summed E-state index contributed by atoms with van der Waals surface area (Å²) >= 11 is 5.00. The Morgan fingerprint density at radius 1 is 1.30 bits per heavy atom. The number of carbonyl (C=O) groups is 1. The molecule has 1 saturated heterocycles. The summed E-state index contributed by atoms with van der Waals surface area (Å²) in [6, 6.07) is 8.10. The fraction of sp³-hybridized carbons (Fsp3) is 0.429. The minimum absolute atomic E-state index is 0.119. The Kier molecular flexibility index (Phi) is 6.05. The van der Waals surface area contributed by atoms with Crippen molar-refractivity contribution in [1.82, 2.24) is 4.98 Å². The van der Waals surface area contributed by atoms with Crippen LogP contribution in [-0.2, 0) is 9.53 Å². The Balaban J connectivity index is 1.54. The second-order valence-electron chi connectivity index (χ2n) is 7.13. The van der Waals surface area contributed by atoms with Crippen molar-refractivity contribution in [2.24, 2.45) is 5.92 Å². The van der Waals surface area contributed by atoms with Gasteiger partial charge in [-0.2, -0.15) is 0 Å². The van der Waals surface area contributed by atoms with Crippen LogP contribution in [0, 0.1) is 5.92 Å². The lowest BCUT2D eigenvalue weighted by molar-refractivity contribution is -0.119. The van der Waals surface area contributed by atoms with Crippen LogP contribution in [0.15, 0.2) is 46.3 Å². The number of carbonyl (C=O) groups excluding carboxylic acids is 1. The highest BCUT2D eigenvalue weighted by Crippen LogP contribution is 2.31. The molecule has 4 rings (SSSR count). The van der Waals surface area contributed by atoms with Gasteiger partial charge in [-0.25, -0.2) is 4.98 Å². The van der Waals surface area contributed by atoms with E-state index in [-0.39, 0.29) is 12.0 Å². The third-order valence-electron chi connectivity index (χ3n) is 5.12.